The van der Waals surface area contributed by atoms with Crippen LogP contribution < -0.4 is 23.8 Å². The maximum atomic E-state index is 6.62. The van der Waals surface area contributed by atoms with Crippen molar-refractivity contribution in [1.29, 1.82) is 0 Å². The van der Waals surface area contributed by atoms with E-state index in [-0.39, 0.29) is 6.04 Å². The molecule has 1 atom stereocenters. The van der Waals surface area contributed by atoms with Crippen molar-refractivity contribution < 1.29 is 18.9 Å². The number of hydrogen-bond donors (Lipinski definition) is 0. The Kier molecular flexibility index (Phi) is 4.52. The summed E-state index contributed by atoms with van der Waals surface area (Å²) in [5.41, 5.74) is 4.01. The number of anilines is 1. The highest BCUT2D eigenvalue weighted by Crippen LogP contribution is 2.50. The first-order chi connectivity index (χ1) is 13.1. The molecule has 7 heteroatoms. The van der Waals surface area contributed by atoms with E-state index in [1.807, 2.05) is 24.3 Å². The van der Waals surface area contributed by atoms with E-state index >= 15 is 0 Å². The molecule has 2 aromatic rings. The molecule has 0 fully saturated rings. The zero-order valence-corrected chi connectivity index (χ0v) is 16.5. The molecule has 0 radical (unpaired) electrons. The van der Waals surface area contributed by atoms with E-state index in [0.29, 0.717) is 28.3 Å². The molecule has 0 spiro atoms. The molecule has 0 aromatic heterocycles. The van der Waals surface area contributed by atoms with Crippen molar-refractivity contribution >= 4 is 28.3 Å². The van der Waals surface area contributed by atoms with Gasteiger partial charge in [-0.15, -0.1) is 0 Å². The van der Waals surface area contributed by atoms with Crippen LogP contribution in [0.3, 0.4) is 0 Å². The Morgan fingerprint density at radius 1 is 0.889 bits per heavy atom. The van der Waals surface area contributed by atoms with Gasteiger partial charge in [-0.05, 0) is 42.1 Å². The van der Waals surface area contributed by atoms with E-state index in [0.717, 1.165) is 35.3 Å². The number of aliphatic imine (C=N–C) groups is 1. The fourth-order valence-corrected chi connectivity index (χ4v) is 4.15. The maximum Gasteiger partial charge on any atom is 0.204 e. The Hall–Kier alpha value is -2.60. The van der Waals surface area contributed by atoms with Crippen LogP contribution in [0.25, 0.3) is 0 Å². The Bertz CT molecular complexity index is 929. The lowest BCUT2D eigenvalue weighted by Gasteiger charge is -2.41. The molecule has 0 amide bonds. The second kappa shape index (κ2) is 6.85. The SMILES string of the molecule is COc1cc2c(cc1OC)N1C(Cl)=Nc3cc(OC)c(OC)cc3C1CC2. The first-order valence-electron chi connectivity index (χ1n) is 8.65. The minimum Gasteiger partial charge on any atom is -0.493 e. The van der Waals surface area contributed by atoms with Crippen LogP contribution in [-0.2, 0) is 6.42 Å². The lowest BCUT2D eigenvalue weighted by atomic mass is 9.89. The van der Waals surface area contributed by atoms with Gasteiger partial charge >= 0.3 is 0 Å². The van der Waals surface area contributed by atoms with Gasteiger partial charge in [-0.2, -0.15) is 0 Å². The fourth-order valence-electron chi connectivity index (χ4n) is 3.85. The van der Waals surface area contributed by atoms with Crippen LogP contribution >= 0.6 is 11.6 Å². The van der Waals surface area contributed by atoms with Crippen molar-refractivity contribution in [1.82, 2.24) is 0 Å². The maximum absolute atomic E-state index is 6.62. The Balaban J connectivity index is 1.86. The first-order valence-corrected chi connectivity index (χ1v) is 9.03. The monoisotopic (exact) mass is 388 g/mol. The predicted octanol–water partition coefficient (Wildman–Crippen LogP) is 4.45. The van der Waals surface area contributed by atoms with E-state index in [1.54, 1.807) is 28.4 Å². The van der Waals surface area contributed by atoms with Crippen LogP contribution in [0.5, 0.6) is 23.0 Å². The standard InChI is InChI=1S/C20H21ClN2O4/c1-24-16-7-11-5-6-14-12-8-17(25-2)18(26-3)9-13(12)22-20(21)23(14)15(11)10-19(16)27-4/h7-10,14H,5-6H2,1-4H3. The molecule has 0 saturated heterocycles. The molecule has 2 aliphatic rings. The Labute approximate surface area is 163 Å². The zero-order valence-electron chi connectivity index (χ0n) is 15.7. The summed E-state index contributed by atoms with van der Waals surface area (Å²) >= 11 is 6.62. The molecule has 0 N–H and O–H groups in total. The van der Waals surface area contributed by atoms with Crippen molar-refractivity contribution in [3.63, 3.8) is 0 Å². The van der Waals surface area contributed by atoms with Crippen LogP contribution in [0.15, 0.2) is 29.3 Å². The second-order valence-corrected chi connectivity index (χ2v) is 6.75. The lowest BCUT2D eigenvalue weighted by Crippen LogP contribution is -2.38. The van der Waals surface area contributed by atoms with Gasteiger partial charge in [0.05, 0.1) is 45.9 Å². The number of halogens is 1. The van der Waals surface area contributed by atoms with Gasteiger partial charge in [0.25, 0.3) is 0 Å². The van der Waals surface area contributed by atoms with Gasteiger partial charge in [-0.1, -0.05) is 0 Å². The molecule has 27 heavy (non-hydrogen) atoms. The molecule has 4 rings (SSSR count). The molecule has 142 valence electrons. The van der Waals surface area contributed by atoms with Crippen LogP contribution in [-0.4, -0.2) is 33.7 Å². The Morgan fingerprint density at radius 2 is 1.48 bits per heavy atom. The molecular weight excluding hydrogens is 368 g/mol. The molecule has 1 unspecified atom stereocenters. The number of rotatable bonds is 4. The smallest absolute Gasteiger partial charge is 0.204 e. The number of methoxy groups -OCH3 is 4. The highest BCUT2D eigenvalue weighted by atomic mass is 35.5. The lowest BCUT2D eigenvalue weighted by molar-refractivity contribution is 0.353. The van der Waals surface area contributed by atoms with Gasteiger partial charge in [-0.3, -0.25) is 0 Å². The second-order valence-electron chi connectivity index (χ2n) is 6.41. The van der Waals surface area contributed by atoms with Crippen LogP contribution in [0.4, 0.5) is 11.4 Å². The van der Waals surface area contributed by atoms with E-state index in [9.17, 15) is 0 Å². The average molecular weight is 389 g/mol. The third kappa shape index (κ3) is 2.75. The number of nitrogens with zero attached hydrogens (tertiary/aromatic N) is 2. The average Bonchev–Trinajstić information content (AvgIpc) is 2.71. The van der Waals surface area contributed by atoms with Gasteiger partial charge < -0.3 is 23.8 Å². The largest absolute Gasteiger partial charge is 0.493 e. The number of fused-ring (bicyclic) bond motifs is 5. The topological polar surface area (TPSA) is 52.5 Å². The van der Waals surface area contributed by atoms with Crippen LogP contribution in [0.1, 0.15) is 23.6 Å². The molecule has 2 aliphatic heterocycles. The number of hydrogen-bond acceptors (Lipinski definition) is 6. The van der Waals surface area contributed by atoms with Crippen molar-refractivity contribution in [2.24, 2.45) is 4.99 Å². The molecule has 2 aromatic carbocycles. The van der Waals surface area contributed by atoms with Crippen LogP contribution in [0.2, 0.25) is 0 Å². The minimum atomic E-state index is 0.0652. The normalized spacial score (nSPS) is 17.3. The van der Waals surface area contributed by atoms with Crippen LogP contribution in [0, 0.1) is 0 Å². The summed E-state index contributed by atoms with van der Waals surface area (Å²) in [7, 11) is 6.51. The highest BCUT2D eigenvalue weighted by molar-refractivity contribution is 6.68. The molecule has 0 bridgehead atoms. The number of amidine groups is 1. The van der Waals surface area contributed by atoms with E-state index < -0.39 is 0 Å². The number of ether oxygens (including phenoxy) is 4. The third-order valence-electron chi connectivity index (χ3n) is 5.15. The van der Waals surface area contributed by atoms with Gasteiger partial charge in [0.15, 0.2) is 23.0 Å². The van der Waals surface area contributed by atoms with Gasteiger partial charge in [0, 0.05) is 17.7 Å². The van der Waals surface area contributed by atoms with Crippen molar-refractivity contribution in [3.8, 4) is 23.0 Å². The predicted molar refractivity (Wildman–Crippen MR) is 106 cm³/mol. The van der Waals surface area contributed by atoms with Gasteiger partial charge in [0.1, 0.15) is 0 Å². The first kappa shape index (κ1) is 17.8. The molecular formula is C20H21ClN2O4. The molecule has 6 nitrogen and oxygen atoms in total. The summed E-state index contributed by atoms with van der Waals surface area (Å²) in [5, 5.41) is 0.424. The zero-order chi connectivity index (χ0) is 19.1. The van der Waals surface area contributed by atoms with E-state index in [4.69, 9.17) is 30.5 Å². The summed E-state index contributed by atoms with van der Waals surface area (Å²) in [5.74, 6) is 2.70. The molecule has 2 heterocycles. The van der Waals surface area contributed by atoms with Crippen molar-refractivity contribution in [2.75, 3.05) is 33.3 Å². The van der Waals surface area contributed by atoms with Gasteiger partial charge in [0.2, 0.25) is 5.29 Å². The summed E-state index contributed by atoms with van der Waals surface area (Å²) in [6, 6.07) is 7.90. The summed E-state index contributed by atoms with van der Waals surface area (Å²) in [6.07, 6.45) is 1.80. The van der Waals surface area contributed by atoms with E-state index in [1.165, 1.54) is 0 Å². The number of aryl methyl sites for hydroxylation is 1. The fraction of sp³-hybridized carbons (Fsp3) is 0.350. The third-order valence-corrected chi connectivity index (χ3v) is 5.41. The van der Waals surface area contributed by atoms with Crippen molar-refractivity contribution in [3.05, 3.63) is 35.4 Å². The number of benzene rings is 2. The quantitative estimate of drug-likeness (QED) is 0.724. The summed E-state index contributed by atoms with van der Waals surface area (Å²) in [4.78, 5) is 6.66. The van der Waals surface area contributed by atoms with Gasteiger partial charge in [-0.25, -0.2) is 4.99 Å². The minimum absolute atomic E-state index is 0.0652. The summed E-state index contributed by atoms with van der Waals surface area (Å²) < 4.78 is 21.8. The van der Waals surface area contributed by atoms with Crippen molar-refractivity contribution in [2.45, 2.75) is 18.9 Å². The molecule has 0 aliphatic carbocycles. The van der Waals surface area contributed by atoms with E-state index in [2.05, 4.69) is 9.89 Å². The molecule has 0 saturated carbocycles. The summed E-state index contributed by atoms with van der Waals surface area (Å²) in [6.45, 7) is 0. The Morgan fingerprint density at radius 3 is 2.15 bits per heavy atom. The highest BCUT2D eigenvalue weighted by Gasteiger charge is 2.36.